The van der Waals surface area contributed by atoms with Gasteiger partial charge in [-0.05, 0) is 67.2 Å². The lowest BCUT2D eigenvalue weighted by Crippen LogP contribution is -3.00. The molecule has 5 heteroatoms. The van der Waals surface area contributed by atoms with Gasteiger partial charge >= 0.3 is 0 Å². The van der Waals surface area contributed by atoms with E-state index in [0.29, 0.717) is 0 Å². The molecule has 0 aliphatic heterocycles. The fourth-order valence-corrected chi connectivity index (χ4v) is 6.57. The average molecular weight is 628 g/mol. The number of benzene rings is 3. The molecule has 0 fully saturated rings. The molecule has 0 radical (unpaired) electrons. The first-order valence-corrected chi connectivity index (χ1v) is 14.3. The summed E-state index contributed by atoms with van der Waals surface area (Å²) in [6.07, 6.45) is 7.71. The van der Waals surface area contributed by atoms with Gasteiger partial charge in [0.05, 0.1) is 0 Å². The summed E-state index contributed by atoms with van der Waals surface area (Å²) in [5.74, 6) is 0. The van der Waals surface area contributed by atoms with Crippen LogP contribution in [0.25, 0.3) is 33.6 Å². The van der Waals surface area contributed by atoms with Crippen LogP contribution in [0.1, 0.15) is 24.1 Å². The van der Waals surface area contributed by atoms with Crippen molar-refractivity contribution in [3.63, 3.8) is 0 Å². The number of nitrogens with zero attached hydrogens (tertiary/aromatic N) is 1. The van der Waals surface area contributed by atoms with Crippen molar-refractivity contribution in [1.29, 1.82) is 0 Å². The summed E-state index contributed by atoms with van der Waals surface area (Å²) in [6.45, 7) is 0. The zero-order valence-electron chi connectivity index (χ0n) is 19.8. The molecular formula is C30H27ClINS2. The molecule has 1 heterocycles. The number of rotatable bonds is 5. The number of fused-ring (bicyclic) bond motifs is 1. The van der Waals surface area contributed by atoms with Crippen molar-refractivity contribution in [3.05, 3.63) is 112 Å². The third-order valence-corrected chi connectivity index (χ3v) is 8.84. The molecule has 1 aliphatic carbocycles. The highest BCUT2D eigenvalue weighted by atomic mass is 127. The average Bonchev–Trinajstić information content (AvgIpc) is 2.90. The minimum atomic E-state index is 0. The topological polar surface area (TPSA) is 3.88 Å². The maximum Gasteiger partial charge on any atom is 0.220 e. The van der Waals surface area contributed by atoms with E-state index in [9.17, 15) is 0 Å². The van der Waals surface area contributed by atoms with Gasteiger partial charge < -0.3 is 24.0 Å². The van der Waals surface area contributed by atoms with Crippen LogP contribution in [0.4, 0.5) is 0 Å². The lowest BCUT2D eigenvalue weighted by Gasteiger charge is -2.24. The minimum Gasteiger partial charge on any atom is -1.00 e. The summed E-state index contributed by atoms with van der Waals surface area (Å²) in [5.41, 5.74) is 10.4. The highest BCUT2D eigenvalue weighted by Crippen LogP contribution is 2.43. The monoisotopic (exact) mass is 627 g/mol. The molecule has 5 rings (SSSR count). The largest absolute Gasteiger partial charge is 1.00 e. The van der Waals surface area contributed by atoms with Gasteiger partial charge in [0.2, 0.25) is 17.1 Å². The first kappa shape index (κ1) is 26.3. The molecule has 0 unspecified atom stereocenters. The molecule has 0 atom stereocenters. The van der Waals surface area contributed by atoms with E-state index >= 15 is 0 Å². The molecule has 35 heavy (non-hydrogen) atoms. The Morgan fingerprint density at radius 1 is 0.771 bits per heavy atom. The molecule has 0 saturated carbocycles. The zero-order valence-corrected chi connectivity index (χ0v) is 24.3. The Bertz CT molecular complexity index is 1330. The standard InChI is InChI=1S/C30H27ClNS2.HI/c1-33-30(34-2)26-15-9-14-25-27(21-10-5-3-6-11-21)20-28(22-12-7-4-8-13-22)32(29(25)26)24-18-16-23(31)17-19-24;/h3-8,10-13,16-20H,9,14-15H2,1-2H3;1H/q+1;/p-1. The van der Waals surface area contributed by atoms with Gasteiger partial charge in [-0.2, -0.15) is 4.57 Å². The van der Waals surface area contributed by atoms with Gasteiger partial charge in [0.15, 0.2) is 0 Å². The summed E-state index contributed by atoms with van der Waals surface area (Å²) in [7, 11) is 0. The first-order valence-electron chi connectivity index (χ1n) is 11.5. The van der Waals surface area contributed by atoms with Crippen LogP contribution in [0, 0.1) is 0 Å². The van der Waals surface area contributed by atoms with Crippen molar-refractivity contribution in [2.24, 2.45) is 0 Å². The van der Waals surface area contributed by atoms with E-state index in [1.165, 1.54) is 43.5 Å². The van der Waals surface area contributed by atoms with E-state index in [1.54, 1.807) is 0 Å². The molecule has 1 aromatic heterocycles. The van der Waals surface area contributed by atoms with Crippen molar-refractivity contribution in [2.75, 3.05) is 12.5 Å². The van der Waals surface area contributed by atoms with Gasteiger partial charge in [-0.15, -0.1) is 23.5 Å². The smallest absolute Gasteiger partial charge is 0.220 e. The number of thioether (sulfide) groups is 2. The second-order valence-electron chi connectivity index (χ2n) is 8.34. The molecule has 0 N–H and O–H groups in total. The summed E-state index contributed by atoms with van der Waals surface area (Å²) in [4.78, 5) is 0. The van der Waals surface area contributed by atoms with Gasteiger partial charge in [0, 0.05) is 44.2 Å². The van der Waals surface area contributed by atoms with Gasteiger partial charge in [-0.3, -0.25) is 0 Å². The molecule has 0 amide bonds. The lowest BCUT2D eigenvalue weighted by molar-refractivity contribution is -0.587. The maximum absolute atomic E-state index is 6.30. The Labute approximate surface area is 239 Å². The number of allylic oxidation sites excluding steroid dienone is 1. The summed E-state index contributed by atoms with van der Waals surface area (Å²) < 4.78 is 3.86. The molecule has 1 aliphatic rings. The van der Waals surface area contributed by atoms with Gasteiger partial charge in [-0.25, -0.2) is 0 Å². The van der Waals surface area contributed by atoms with Crippen LogP contribution in [-0.4, -0.2) is 12.5 Å². The summed E-state index contributed by atoms with van der Waals surface area (Å²) in [6, 6.07) is 32.2. The Balaban J connectivity index is 0.00000289. The van der Waals surface area contributed by atoms with E-state index in [0.717, 1.165) is 30.0 Å². The normalized spacial score (nSPS) is 12.6. The zero-order chi connectivity index (χ0) is 23.5. The van der Waals surface area contributed by atoms with Crippen LogP contribution in [0.3, 0.4) is 0 Å². The third kappa shape index (κ3) is 5.36. The molecule has 0 spiro atoms. The van der Waals surface area contributed by atoms with Crippen molar-refractivity contribution in [3.8, 4) is 28.1 Å². The molecule has 3 aromatic carbocycles. The van der Waals surface area contributed by atoms with Crippen molar-refractivity contribution < 1.29 is 28.5 Å². The van der Waals surface area contributed by atoms with Gasteiger partial charge in [-0.1, -0.05) is 60.1 Å². The fourth-order valence-electron chi connectivity index (χ4n) is 4.89. The number of aromatic nitrogens is 1. The highest BCUT2D eigenvalue weighted by molar-refractivity contribution is 8.21. The van der Waals surface area contributed by atoms with E-state index in [1.807, 2.05) is 35.7 Å². The Morgan fingerprint density at radius 3 is 1.97 bits per heavy atom. The number of halogens is 2. The Hall–Kier alpha value is -1.73. The molecule has 1 nitrogen and oxygen atoms in total. The van der Waals surface area contributed by atoms with Crippen LogP contribution in [0.2, 0.25) is 5.02 Å². The second kappa shape index (κ2) is 12.0. The third-order valence-electron chi connectivity index (χ3n) is 6.35. The van der Waals surface area contributed by atoms with Crippen molar-refractivity contribution in [2.45, 2.75) is 19.3 Å². The molecule has 178 valence electrons. The van der Waals surface area contributed by atoms with E-state index in [4.69, 9.17) is 11.6 Å². The SMILES string of the molecule is CSC(SC)=C1CCCc2c(-c3ccccc3)cc(-c3ccccc3)[n+](-c3ccc(Cl)cc3)c21.[I-]. The van der Waals surface area contributed by atoms with Crippen LogP contribution in [-0.2, 0) is 6.42 Å². The number of pyridine rings is 1. The molecular weight excluding hydrogens is 601 g/mol. The first-order chi connectivity index (χ1) is 16.7. The van der Waals surface area contributed by atoms with E-state index in [2.05, 4.69) is 95.9 Å². The molecule has 0 bridgehead atoms. The minimum absolute atomic E-state index is 0. The van der Waals surface area contributed by atoms with Crippen molar-refractivity contribution in [1.82, 2.24) is 0 Å². The Kier molecular flexibility index (Phi) is 9.03. The summed E-state index contributed by atoms with van der Waals surface area (Å²) in [5, 5.41) is 0.755. The molecule has 0 saturated heterocycles. The predicted molar refractivity (Wildman–Crippen MR) is 151 cm³/mol. The number of hydrogen-bond donors (Lipinski definition) is 0. The number of hydrogen-bond acceptors (Lipinski definition) is 2. The Morgan fingerprint density at radius 2 is 1.37 bits per heavy atom. The fraction of sp³-hybridized carbons (Fsp3) is 0.167. The maximum atomic E-state index is 6.30. The van der Waals surface area contributed by atoms with Crippen LogP contribution in [0.15, 0.2) is 95.2 Å². The van der Waals surface area contributed by atoms with Crippen molar-refractivity contribution >= 4 is 40.7 Å². The van der Waals surface area contributed by atoms with E-state index in [-0.39, 0.29) is 24.0 Å². The summed E-state index contributed by atoms with van der Waals surface area (Å²) >= 11 is 10.0. The molecule has 4 aromatic rings. The predicted octanol–water partition coefficient (Wildman–Crippen LogP) is 5.69. The highest BCUT2D eigenvalue weighted by Gasteiger charge is 2.34. The van der Waals surface area contributed by atoms with E-state index < -0.39 is 0 Å². The lowest BCUT2D eigenvalue weighted by atomic mass is 9.85. The van der Waals surface area contributed by atoms with Gasteiger partial charge in [0.25, 0.3) is 0 Å². The van der Waals surface area contributed by atoms with Crippen LogP contribution in [0.5, 0.6) is 0 Å². The van der Waals surface area contributed by atoms with Crippen LogP contribution < -0.4 is 28.5 Å². The van der Waals surface area contributed by atoms with Crippen LogP contribution >= 0.6 is 35.1 Å². The second-order valence-corrected chi connectivity index (χ2v) is 10.7. The quantitative estimate of drug-likeness (QED) is 0.207. The van der Waals surface area contributed by atoms with Gasteiger partial charge in [0.1, 0.15) is 0 Å².